The smallest absolute Gasteiger partial charge is 0.390 e. The Labute approximate surface area is 111 Å². The van der Waals surface area contributed by atoms with Crippen molar-refractivity contribution in [3.05, 3.63) is 29.8 Å². The van der Waals surface area contributed by atoms with Crippen molar-refractivity contribution in [2.75, 3.05) is 13.2 Å². The van der Waals surface area contributed by atoms with Crippen LogP contribution >= 0.6 is 0 Å². The molecule has 0 heterocycles. The molecule has 0 aliphatic carbocycles. The topological polar surface area (TPSA) is 66.4 Å². The zero-order valence-corrected chi connectivity index (χ0v) is 10.6. The lowest BCUT2D eigenvalue weighted by Crippen LogP contribution is -2.39. The van der Waals surface area contributed by atoms with Crippen LogP contribution in [0.4, 0.5) is 22.0 Å². The molecule has 0 radical (unpaired) electrons. The molecule has 1 aromatic carbocycles. The molecule has 10 heteroatoms. The molecule has 1 rings (SSSR count). The van der Waals surface area contributed by atoms with Gasteiger partial charge in [0, 0.05) is 0 Å². The summed E-state index contributed by atoms with van der Waals surface area (Å²) >= 11 is 0. The van der Waals surface area contributed by atoms with Crippen LogP contribution in [0.2, 0.25) is 0 Å². The van der Waals surface area contributed by atoms with Crippen LogP contribution < -0.4 is 4.72 Å². The molecule has 0 saturated heterocycles. The highest BCUT2D eigenvalue weighted by Gasteiger charge is 2.33. The zero-order valence-electron chi connectivity index (χ0n) is 9.79. The van der Waals surface area contributed by atoms with Gasteiger partial charge in [-0.2, -0.15) is 13.2 Å². The molecule has 0 saturated carbocycles. The summed E-state index contributed by atoms with van der Waals surface area (Å²) in [6.07, 6.45) is -4.75. The summed E-state index contributed by atoms with van der Waals surface area (Å²) in [5.41, 5.74) is -1.21. The van der Waals surface area contributed by atoms with Gasteiger partial charge in [-0.05, 0) is 18.2 Å². The second kappa shape index (κ2) is 5.62. The summed E-state index contributed by atoms with van der Waals surface area (Å²) in [4.78, 5) is -0.791. The standard InChI is InChI=1S/C10H10F5NO3S/c11-9(12,6-17)5-16-20(18,19)8-3-1-2-7(4-8)10(13,14)15/h1-4,16-17H,5-6H2. The van der Waals surface area contributed by atoms with E-state index in [1.54, 1.807) is 0 Å². The summed E-state index contributed by atoms with van der Waals surface area (Å²) in [7, 11) is -4.53. The van der Waals surface area contributed by atoms with E-state index in [1.807, 2.05) is 0 Å². The number of alkyl halides is 5. The van der Waals surface area contributed by atoms with Crippen LogP contribution in [-0.4, -0.2) is 32.6 Å². The SMILES string of the molecule is O=S(=O)(NCC(F)(F)CO)c1cccc(C(F)(F)F)c1. The van der Waals surface area contributed by atoms with E-state index in [-0.39, 0.29) is 0 Å². The molecule has 2 N–H and O–H groups in total. The van der Waals surface area contributed by atoms with E-state index in [2.05, 4.69) is 0 Å². The molecular weight excluding hydrogens is 309 g/mol. The predicted octanol–water partition coefficient (Wildman–Crippen LogP) is 1.61. The molecule has 0 aliphatic heterocycles. The number of hydrogen-bond acceptors (Lipinski definition) is 3. The van der Waals surface area contributed by atoms with Crippen LogP contribution in [0.25, 0.3) is 0 Å². The third-order valence-corrected chi connectivity index (χ3v) is 3.62. The molecule has 0 aromatic heterocycles. The number of halogens is 5. The highest BCUT2D eigenvalue weighted by Crippen LogP contribution is 2.30. The largest absolute Gasteiger partial charge is 0.416 e. The number of aliphatic hydroxyl groups excluding tert-OH is 1. The van der Waals surface area contributed by atoms with Crippen LogP contribution in [0, 0.1) is 0 Å². The fraction of sp³-hybridized carbons (Fsp3) is 0.400. The third-order valence-electron chi connectivity index (χ3n) is 2.22. The van der Waals surface area contributed by atoms with E-state index in [1.165, 1.54) is 4.72 Å². The minimum absolute atomic E-state index is 0.333. The molecule has 0 spiro atoms. The minimum atomic E-state index is -4.75. The maximum Gasteiger partial charge on any atom is 0.416 e. The molecule has 1 aromatic rings. The lowest BCUT2D eigenvalue weighted by Gasteiger charge is -2.15. The second-order valence-corrected chi connectivity index (χ2v) is 5.63. The number of aliphatic hydroxyl groups is 1. The zero-order chi connectivity index (χ0) is 15.6. The Morgan fingerprint density at radius 3 is 2.25 bits per heavy atom. The Morgan fingerprint density at radius 2 is 1.75 bits per heavy atom. The summed E-state index contributed by atoms with van der Waals surface area (Å²) in [6, 6.07) is 2.68. The molecule has 0 fully saturated rings. The van der Waals surface area contributed by atoms with Gasteiger partial charge in [-0.25, -0.2) is 21.9 Å². The number of hydrogen-bond donors (Lipinski definition) is 2. The Hall–Kier alpha value is -1.26. The van der Waals surface area contributed by atoms with Gasteiger partial charge in [0.1, 0.15) is 6.61 Å². The molecule has 4 nitrogen and oxygen atoms in total. The first-order valence-corrected chi connectivity index (χ1v) is 6.62. The van der Waals surface area contributed by atoms with Gasteiger partial charge in [0.15, 0.2) is 0 Å². The van der Waals surface area contributed by atoms with Crippen molar-refractivity contribution < 1.29 is 35.5 Å². The van der Waals surface area contributed by atoms with E-state index >= 15 is 0 Å². The fourth-order valence-corrected chi connectivity index (χ4v) is 2.29. The molecule has 0 atom stereocenters. The molecule has 114 valence electrons. The van der Waals surface area contributed by atoms with Crippen molar-refractivity contribution in [3.8, 4) is 0 Å². The summed E-state index contributed by atoms with van der Waals surface area (Å²) in [5.74, 6) is -3.70. The number of rotatable bonds is 5. The average Bonchev–Trinajstić information content (AvgIpc) is 2.36. The van der Waals surface area contributed by atoms with Crippen molar-refractivity contribution in [1.82, 2.24) is 4.72 Å². The molecule has 0 unspecified atom stereocenters. The van der Waals surface area contributed by atoms with Crippen molar-refractivity contribution in [2.45, 2.75) is 17.0 Å². The van der Waals surface area contributed by atoms with Crippen LogP contribution in [0.1, 0.15) is 5.56 Å². The van der Waals surface area contributed by atoms with E-state index in [0.717, 1.165) is 12.1 Å². The van der Waals surface area contributed by atoms with Gasteiger partial charge in [0.2, 0.25) is 10.0 Å². The predicted molar refractivity (Wildman–Crippen MR) is 58.7 cm³/mol. The third kappa shape index (κ3) is 4.39. The lowest BCUT2D eigenvalue weighted by atomic mass is 10.2. The highest BCUT2D eigenvalue weighted by molar-refractivity contribution is 7.89. The quantitative estimate of drug-likeness (QED) is 0.811. The Kier molecular flexibility index (Phi) is 4.72. The monoisotopic (exact) mass is 319 g/mol. The van der Waals surface area contributed by atoms with Gasteiger partial charge in [0.25, 0.3) is 5.92 Å². The van der Waals surface area contributed by atoms with Crippen molar-refractivity contribution in [1.29, 1.82) is 0 Å². The van der Waals surface area contributed by atoms with E-state index in [9.17, 15) is 30.4 Å². The van der Waals surface area contributed by atoms with E-state index in [0.29, 0.717) is 12.1 Å². The molecule has 0 bridgehead atoms. The number of sulfonamides is 1. The first kappa shape index (κ1) is 16.8. The molecular formula is C10H10F5NO3S. The van der Waals surface area contributed by atoms with Gasteiger partial charge in [-0.15, -0.1) is 0 Å². The molecule has 0 aliphatic rings. The van der Waals surface area contributed by atoms with Crippen LogP contribution in [0.3, 0.4) is 0 Å². The van der Waals surface area contributed by atoms with Gasteiger partial charge in [-0.1, -0.05) is 6.07 Å². The first-order valence-electron chi connectivity index (χ1n) is 5.13. The minimum Gasteiger partial charge on any atom is -0.390 e. The van der Waals surface area contributed by atoms with Crippen molar-refractivity contribution in [2.24, 2.45) is 0 Å². The second-order valence-electron chi connectivity index (χ2n) is 3.86. The Bertz CT molecular complexity index is 571. The lowest BCUT2D eigenvalue weighted by molar-refractivity contribution is -0.137. The number of benzene rings is 1. The van der Waals surface area contributed by atoms with E-state index < -0.39 is 45.7 Å². The fourth-order valence-electron chi connectivity index (χ4n) is 1.18. The highest BCUT2D eigenvalue weighted by atomic mass is 32.2. The van der Waals surface area contributed by atoms with Gasteiger partial charge in [0.05, 0.1) is 17.0 Å². The average molecular weight is 319 g/mol. The van der Waals surface area contributed by atoms with Crippen LogP contribution in [0.15, 0.2) is 29.2 Å². The van der Waals surface area contributed by atoms with Gasteiger partial charge >= 0.3 is 6.18 Å². The maximum absolute atomic E-state index is 12.7. The molecule has 0 amide bonds. The summed E-state index contributed by atoms with van der Waals surface area (Å²) in [5, 5.41) is 8.28. The maximum atomic E-state index is 12.7. The Balaban J connectivity index is 2.99. The Morgan fingerprint density at radius 1 is 1.15 bits per heavy atom. The van der Waals surface area contributed by atoms with Gasteiger partial charge < -0.3 is 5.11 Å². The van der Waals surface area contributed by atoms with Crippen LogP contribution in [0.5, 0.6) is 0 Å². The summed E-state index contributed by atoms with van der Waals surface area (Å²) < 4.78 is 87.3. The molecule has 20 heavy (non-hydrogen) atoms. The van der Waals surface area contributed by atoms with Crippen LogP contribution in [-0.2, 0) is 16.2 Å². The first-order chi connectivity index (χ1) is 8.98. The normalized spacial score (nSPS) is 13.5. The van der Waals surface area contributed by atoms with E-state index in [4.69, 9.17) is 5.11 Å². The van der Waals surface area contributed by atoms with Crippen molar-refractivity contribution >= 4 is 10.0 Å². The van der Waals surface area contributed by atoms with Gasteiger partial charge in [-0.3, -0.25) is 0 Å². The van der Waals surface area contributed by atoms with Crippen molar-refractivity contribution in [3.63, 3.8) is 0 Å². The summed E-state index contributed by atoms with van der Waals surface area (Å²) in [6.45, 7) is -3.00. The number of nitrogens with one attached hydrogen (secondary N) is 1.